The van der Waals surface area contributed by atoms with Crippen molar-refractivity contribution in [3.63, 3.8) is 0 Å². The van der Waals surface area contributed by atoms with E-state index in [1.165, 1.54) is 0 Å². The van der Waals surface area contributed by atoms with Crippen LogP contribution in [0, 0.1) is 0 Å². The number of anilines is 1. The van der Waals surface area contributed by atoms with Gasteiger partial charge in [0.15, 0.2) is 0 Å². The van der Waals surface area contributed by atoms with Crippen LogP contribution in [-0.2, 0) is 0 Å². The Bertz CT molecular complexity index is 658. The van der Waals surface area contributed by atoms with Crippen molar-refractivity contribution in [1.29, 1.82) is 0 Å². The second kappa shape index (κ2) is 7.71. The molecule has 22 heavy (non-hydrogen) atoms. The molecule has 0 spiro atoms. The van der Waals surface area contributed by atoms with Crippen LogP contribution in [0.4, 0.5) is 5.69 Å². The minimum atomic E-state index is -0.237. The molecule has 0 saturated carbocycles. The van der Waals surface area contributed by atoms with Crippen molar-refractivity contribution in [1.82, 2.24) is 0 Å². The van der Waals surface area contributed by atoms with E-state index in [1.54, 1.807) is 30.3 Å². The lowest BCUT2D eigenvalue weighted by Gasteiger charge is -2.10. The average molecular weight is 320 g/mol. The molecule has 0 unspecified atom stereocenters. The molecule has 0 aliphatic heterocycles. The van der Waals surface area contributed by atoms with Crippen molar-refractivity contribution < 1.29 is 14.3 Å². The highest BCUT2D eigenvalue weighted by molar-refractivity contribution is 6.32. The van der Waals surface area contributed by atoms with E-state index in [9.17, 15) is 4.79 Å². The first-order valence-electron chi connectivity index (χ1n) is 7.10. The molecule has 0 aliphatic carbocycles. The highest BCUT2D eigenvalue weighted by Crippen LogP contribution is 2.26. The summed E-state index contributed by atoms with van der Waals surface area (Å²) in [4.78, 5) is 12.3. The van der Waals surface area contributed by atoms with Crippen LogP contribution in [0.3, 0.4) is 0 Å². The van der Waals surface area contributed by atoms with Crippen molar-refractivity contribution in [2.24, 2.45) is 0 Å². The third-order valence-corrected chi connectivity index (χ3v) is 3.19. The quantitative estimate of drug-likeness (QED) is 0.859. The third kappa shape index (κ3) is 4.15. The Kier molecular flexibility index (Phi) is 5.67. The number of carbonyl (C=O) groups excluding carboxylic acids is 1. The van der Waals surface area contributed by atoms with E-state index in [4.69, 9.17) is 21.1 Å². The van der Waals surface area contributed by atoms with E-state index in [0.29, 0.717) is 41.0 Å². The molecule has 2 aromatic rings. The second-order valence-corrected chi connectivity index (χ2v) is 4.90. The van der Waals surface area contributed by atoms with Crippen molar-refractivity contribution in [3.05, 3.63) is 53.1 Å². The summed E-state index contributed by atoms with van der Waals surface area (Å²) in [5.74, 6) is 1.04. The number of hydrogen-bond donors (Lipinski definition) is 1. The van der Waals surface area contributed by atoms with Gasteiger partial charge in [0.1, 0.15) is 11.5 Å². The molecule has 0 fully saturated rings. The topological polar surface area (TPSA) is 47.6 Å². The molecular weight excluding hydrogens is 302 g/mol. The first kappa shape index (κ1) is 16.2. The predicted octanol–water partition coefficient (Wildman–Crippen LogP) is 4.39. The molecule has 0 aliphatic rings. The Morgan fingerprint density at radius 2 is 1.86 bits per heavy atom. The first-order chi connectivity index (χ1) is 10.6. The van der Waals surface area contributed by atoms with Gasteiger partial charge in [-0.2, -0.15) is 0 Å². The molecule has 116 valence electrons. The molecule has 0 aromatic heterocycles. The van der Waals surface area contributed by atoms with E-state index in [-0.39, 0.29) is 5.91 Å². The van der Waals surface area contributed by atoms with Crippen molar-refractivity contribution in [3.8, 4) is 11.5 Å². The summed E-state index contributed by atoms with van der Waals surface area (Å²) in [6.45, 7) is 4.89. The van der Waals surface area contributed by atoms with Crippen LogP contribution in [0.1, 0.15) is 24.2 Å². The zero-order chi connectivity index (χ0) is 15.9. The van der Waals surface area contributed by atoms with Crippen molar-refractivity contribution >= 4 is 23.2 Å². The highest BCUT2D eigenvalue weighted by atomic mass is 35.5. The summed E-state index contributed by atoms with van der Waals surface area (Å²) in [5, 5.41) is 3.23. The average Bonchev–Trinajstić information content (AvgIpc) is 2.50. The van der Waals surface area contributed by atoms with Gasteiger partial charge in [-0.15, -0.1) is 0 Å². The monoisotopic (exact) mass is 319 g/mol. The summed E-state index contributed by atoms with van der Waals surface area (Å²) < 4.78 is 10.8. The summed E-state index contributed by atoms with van der Waals surface area (Å²) in [5.41, 5.74) is 1.14. The molecule has 2 aromatic carbocycles. The number of carbonyl (C=O) groups is 1. The minimum absolute atomic E-state index is 0.237. The summed E-state index contributed by atoms with van der Waals surface area (Å²) in [6, 6.07) is 12.2. The molecule has 0 radical (unpaired) electrons. The summed E-state index contributed by atoms with van der Waals surface area (Å²) in [6.07, 6.45) is 0. The van der Waals surface area contributed by atoms with E-state index < -0.39 is 0 Å². The first-order valence-corrected chi connectivity index (χ1v) is 7.48. The van der Waals surface area contributed by atoms with Gasteiger partial charge >= 0.3 is 0 Å². The number of halogens is 1. The minimum Gasteiger partial charge on any atom is -0.494 e. The molecule has 0 heterocycles. The van der Waals surface area contributed by atoms with Crippen LogP contribution < -0.4 is 14.8 Å². The number of rotatable bonds is 6. The molecule has 5 heteroatoms. The molecular formula is C17H18ClNO3. The fraction of sp³-hybridized carbons (Fsp3) is 0.235. The Hall–Kier alpha value is -2.20. The van der Waals surface area contributed by atoms with Gasteiger partial charge in [0.2, 0.25) is 0 Å². The SMILES string of the molecule is CCOc1cccc(NC(=O)c2ccc(OCC)c(Cl)c2)c1. The zero-order valence-electron chi connectivity index (χ0n) is 12.6. The molecule has 0 bridgehead atoms. The Morgan fingerprint density at radius 1 is 1.09 bits per heavy atom. The van der Waals surface area contributed by atoms with Crippen LogP contribution in [-0.4, -0.2) is 19.1 Å². The third-order valence-electron chi connectivity index (χ3n) is 2.90. The number of ether oxygens (including phenoxy) is 2. The van der Waals surface area contributed by atoms with Crippen LogP contribution in [0.5, 0.6) is 11.5 Å². The smallest absolute Gasteiger partial charge is 0.255 e. The predicted molar refractivity (Wildman–Crippen MR) is 88.2 cm³/mol. The van der Waals surface area contributed by atoms with Gasteiger partial charge in [0.05, 0.1) is 18.2 Å². The molecule has 0 atom stereocenters. The summed E-state index contributed by atoms with van der Waals surface area (Å²) in [7, 11) is 0. The maximum absolute atomic E-state index is 12.3. The van der Waals surface area contributed by atoms with Gasteiger partial charge in [-0.3, -0.25) is 4.79 Å². The summed E-state index contributed by atoms with van der Waals surface area (Å²) >= 11 is 6.10. The Balaban J connectivity index is 2.12. The van der Waals surface area contributed by atoms with Gasteiger partial charge in [0, 0.05) is 17.3 Å². The fourth-order valence-corrected chi connectivity index (χ4v) is 2.18. The van der Waals surface area contributed by atoms with E-state index in [2.05, 4.69) is 5.32 Å². The molecule has 0 saturated heterocycles. The van der Waals surface area contributed by atoms with Crippen LogP contribution in [0.25, 0.3) is 0 Å². The Labute approximate surface area is 135 Å². The fourth-order valence-electron chi connectivity index (χ4n) is 1.95. The Morgan fingerprint density at radius 3 is 2.55 bits per heavy atom. The molecule has 1 N–H and O–H groups in total. The standard InChI is InChI=1S/C17H18ClNO3/c1-3-21-14-7-5-6-13(11-14)19-17(20)12-8-9-16(22-4-2)15(18)10-12/h5-11H,3-4H2,1-2H3,(H,19,20). The van der Waals surface area contributed by atoms with Crippen LogP contribution >= 0.6 is 11.6 Å². The maximum Gasteiger partial charge on any atom is 0.255 e. The molecule has 4 nitrogen and oxygen atoms in total. The van der Waals surface area contributed by atoms with E-state index in [0.717, 1.165) is 0 Å². The largest absolute Gasteiger partial charge is 0.494 e. The second-order valence-electron chi connectivity index (χ2n) is 4.49. The lowest BCUT2D eigenvalue weighted by atomic mass is 10.2. The molecule has 2 rings (SSSR count). The van der Waals surface area contributed by atoms with Crippen molar-refractivity contribution in [2.75, 3.05) is 18.5 Å². The van der Waals surface area contributed by atoms with Crippen molar-refractivity contribution in [2.45, 2.75) is 13.8 Å². The van der Waals surface area contributed by atoms with Gasteiger partial charge in [0.25, 0.3) is 5.91 Å². The van der Waals surface area contributed by atoms with Gasteiger partial charge in [-0.1, -0.05) is 17.7 Å². The lowest BCUT2D eigenvalue weighted by molar-refractivity contribution is 0.102. The number of benzene rings is 2. The van der Waals surface area contributed by atoms with Gasteiger partial charge < -0.3 is 14.8 Å². The number of nitrogens with one attached hydrogen (secondary N) is 1. The maximum atomic E-state index is 12.3. The highest BCUT2D eigenvalue weighted by Gasteiger charge is 2.10. The van der Waals surface area contributed by atoms with Gasteiger partial charge in [-0.05, 0) is 44.2 Å². The van der Waals surface area contributed by atoms with Crippen LogP contribution in [0.2, 0.25) is 5.02 Å². The van der Waals surface area contributed by atoms with Gasteiger partial charge in [-0.25, -0.2) is 0 Å². The zero-order valence-corrected chi connectivity index (χ0v) is 13.3. The van der Waals surface area contributed by atoms with E-state index >= 15 is 0 Å². The van der Waals surface area contributed by atoms with E-state index in [1.807, 2.05) is 26.0 Å². The normalized spacial score (nSPS) is 10.1. The number of amides is 1. The number of hydrogen-bond acceptors (Lipinski definition) is 3. The molecule has 1 amide bonds. The lowest BCUT2D eigenvalue weighted by Crippen LogP contribution is -2.12. The van der Waals surface area contributed by atoms with Crippen LogP contribution in [0.15, 0.2) is 42.5 Å².